The van der Waals surface area contributed by atoms with Gasteiger partial charge in [0, 0.05) is 47.0 Å². The van der Waals surface area contributed by atoms with E-state index in [1.54, 1.807) is 0 Å². The lowest BCUT2D eigenvalue weighted by Crippen LogP contribution is -2.18. The first-order valence-corrected chi connectivity index (χ1v) is 17.1. The summed E-state index contributed by atoms with van der Waals surface area (Å²) in [6.45, 7) is 6.05. The first-order valence-electron chi connectivity index (χ1n) is 17.1. The molecule has 4 heteroatoms. The van der Waals surface area contributed by atoms with Crippen LogP contribution in [-0.4, -0.2) is 23.1 Å². The van der Waals surface area contributed by atoms with Crippen LogP contribution >= 0.6 is 0 Å². The van der Waals surface area contributed by atoms with Crippen LogP contribution in [0.25, 0.3) is 33.5 Å². The van der Waals surface area contributed by atoms with Gasteiger partial charge in [-0.25, -0.2) is 9.97 Å². The Morgan fingerprint density at radius 2 is 0.792 bits per heavy atom. The predicted octanol–water partition coefficient (Wildman–Crippen LogP) is 12.0. The molecule has 1 heterocycles. The normalized spacial score (nSPS) is 11.5. The van der Waals surface area contributed by atoms with E-state index in [-0.39, 0.29) is 0 Å². The number of para-hydroxylation sites is 4. The average molecular weight is 629 g/mol. The van der Waals surface area contributed by atoms with Gasteiger partial charge in [-0.15, -0.1) is 0 Å². The summed E-state index contributed by atoms with van der Waals surface area (Å²) in [5.74, 6) is 0. The summed E-state index contributed by atoms with van der Waals surface area (Å²) < 4.78 is 0. The van der Waals surface area contributed by atoms with Gasteiger partial charge in [0.1, 0.15) is 0 Å². The Labute approximate surface area is 285 Å². The summed E-state index contributed by atoms with van der Waals surface area (Å²) in [5.41, 5.74) is 10.4. The minimum Gasteiger partial charge on any atom is -0.341 e. The van der Waals surface area contributed by atoms with Gasteiger partial charge in [0.05, 0.1) is 22.4 Å². The van der Waals surface area contributed by atoms with Crippen LogP contribution in [0.1, 0.15) is 39.5 Å². The van der Waals surface area contributed by atoms with E-state index in [4.69, 9.17) is 9.97 Å². The van der Waals surface area contributed by atoms with Crippen LogP contribution in [0.2, 0.25) is 0 Å². The maximum atomic E-state index is 5.19. The molecule has 0 amide bonds. The number of allylic oxidation sites excluding steroid dienone is 4. The van der Waals surface area contributed by atoms with Crippen molar-refractivity contribution in [2.45, 2.75) is 39.5 Å². The fourth-order valence-electron chi connectivity index (χ4n) is 6.10. The standard InChI is InChI=1S/C44H44N4/c1-3-5-7-17-33-47(37-19-11-9-12-20-37)39-29-25-35(26-30-39)43-44(46-42-24-16-15-23-41(42)45-43)36-27-31-40(32-28-36)48(34-18-8-6-4-2)38-21-13-10-14-22-38/h3-6,9-16,19-32H,7-8,17-18,33-34H2,1-2H3. The number of benzene rings is 5. The summed E-state index contributed by atoms with van der Waals surface area (Å²) in [6, 6.07) is 47.0. The van der Waals surface area contributed by atoms with Crippen molar-refractivity contribution in [3.05, 3.63) is 158 Å². The lowest BCUT2D eigenvalue weighted by atomic mass is 10.0. The number of unbranched alkanes of at least 4 members (excludes halogenated alkanes) is 2. The quantitative estimate of drug-likeness (QED) is 0.0887. The third kappa shape index (κ3) is 7.90. The van der Waals surface area contributed by atoms with E-state index in [1.165, 1.54) is 22.7 Å². The second kappa shape index (κ2) is 16.4. The number of aromatic nitrogens is 2. The van der Waals surface area contributed by atoms with Crippen LogP contribution in [0, 0.1) is 0 Å². The fraction of sp³-hybridized carbons (Fsp3) is 0.182. The largest absolute Gasteiger partial charge is 0.341 e. The Balaban J connectivity index is 1.34. The fourth-order valence-corrected chi connectivity index (χ4v) is 6.10. The number of nitrogens with zero attached hydrogens (tertiary/aromatic N) is 4. The highest BCUT2D eigenvalue weighted by molar-refractivity contribution is 5.87. The lowest BCUT2D eigenvalue weighted by Gasteiger charge is -2.25. The molecular formula is C44H44N4. The molecule has 0 fully saturated rings. The minimum absolute atomic E-state index is 0.888. The summed E-state index contributed by atoms with van der Waals surface area (Å²) in [4.78, 5) is 15.2. The Bertz CT molecular complexity index is 1790. The van der Waals surface area contributed by atoms with Gasteiger partial charge >= 0.3 is 0 Å². The highest BCUT2D eigenvalue weighted by atomic mass is 15.1. The highest BCUT2D eigenvalue weighted by Crippen LogP contribution is 2.35. The summed E-state index contributed by atoms with van der Waals surface area (Å²) in [5, 5.41) is 0. The number of hydrogen-bond acceptors (Lipinski definition) is 4. The van der Waals surface area contributed by atoms with Gasteiger partial charge < -0.3 is 9.80 Å². The molecule has 6 aromatic rings. The van der Waals surface area contributed by atoms with Crippen molar-refractivity contribution in [3.63, 3.8) is 0 Å². The van der Waals surface area contributed by atoms with Crippen molar-refractivity contribution in [2.75, 3.05) is 22.9 Å². The molecule has 0 aliphatic heterocycles. The maximum Gasteiger partial charge on any atom is 0.0973 e. The van der Waals surface area contributed by atoms with E-state index in [2.05, 4.69) is 157 Å². The van der Waals surface area contributed by atoms with Crippen LogP contribution in [0.5, 0.6) is 0 Å². The van der Waals surface area contributed by atoms with Gasteiger partial charge in [0.15, 0.2) is 0 Å². The molecule has 0 aliphatic carbocycles. The molecule has 240 valence electrons. The molecule has 48 heavy (non-hydrogen) atoms. The Morgan fingerprint density at radius 3 is 1.17 bits per heavy atom. The van der Waals surface area contributed by atoms with E-state index >= 15 is 0 Å². The molecule has 0 atom stereocenters. The molecule has 4 nitrogen and oxygen atoms in total. The van der Waals surface area contributed by atoms with Gasteiger partial charge in [-0.05, 0) is 100 Å². The van der Waals surface area contributed by atoms with Crippen molar-refractivity contribution in [3.8, 4) is 22.5 Å². The van der Waals surface area contributed by atoms with Crippen LogP contribution in [0.15, 0.2) is 158 Å². The van der Waals surface area contributed by atoms with Crippen LogP contribution in [0.3, 0.4) is 0 Å². The van der Waals surface area contributed by atoms with Crippen LogP contribution < -0.4 is 9.80 Å². The molecule has 0 N–H and O–H groups in total. The van der Waals surface area contributed by atoms with E-state index in [0.29, 0.717) is 0 Å². The Morgan fingerprint density at radius 1 is 0.438 bits per heavy atom. The molecule has 0 saturated carbocycles. The van der Waals surface area contributed by atoms with Gasteiger partial charge in [0.2, 0.25) is 0 Å². The molecule has 6 rings (SSSR count). The van der Waals surface area contributed by atoms with Crippen molar-refractivity contribution >= 4 is 33.8 Å². The second-order valence-corrected chi connectivity index (χ2v) is 11.9. The monoisotopic (exact) mass is 628 g/mol. The van der Waals surface area contributed by atoms with E-state index in [1.807, 2.05) is 24.3 Å². The smallest absolute Gasteiger partial charge is 0.0973 e. The third-order valence-corrected chi connectivity index (χ3v) is 8.59. The van der Waals surface area contributed by atoms with Crippen molar-refractivity contribution < 1.29 is 0 Å². The van der Waals surface area contributed by atoms with Crippen LogP contribution in [-0.2, 0) is 0 Å². The number of hydrogen-bond donors (Lipinski definition) is 0. The molecule has 0 unspecified atom stereocenters. The van der Waals surface area contributed by atoms with Gasteiger partial charge in [0.25, 0.3) is 0 Å². The summed E-state index contributed by atoms with van der Waals surface area (Å²) >= 11 is 0. The number of rotatable bonds is 14. The predicted molar refractivity (Wildman–Crippen MR) is 205 cm³/mol. The lowest BCUT2D eigenvalue weighted by molar-refractivity contribution is 0.825. The zero-order valence-corrected chi connectivity index (χ0v) is 28.0. The maximum absolute atomic E-state index is 5.19. The molecule has 5 aromatic carbocycles. The summed E-state index contributed by atoms with van der Waals surface area (Å²) in [7, 11) is 0. The van der Waals surface area contributed by atoms with E-state index < -0.39 is 0 Å². The first kappa shape index (κ1) is 32.5. The third-order valence-electron chi connectivity index (χ3n) is 8.59. The highest BCUT2D eigenvalue weighted by Gasteiger charge is 2.16. The second-order valence-electron chi connectivity index (χ2n) is 11.9. The molecule has 0 saturated heterocycles. The van der Waals surface area contributed by atoms with Crippen molar-refractivity contribution in [2.24, 2.45) is 0 Å². The van der Waals surface area contributed by atoms with Crippen molar-refractivity contribution in [1.29, 1.82) is 0 Å². The minimum atomic E-state index is 0.888. The van der Waals surface area contributed by atoms with E-state index in [9.17, 15) is 0 Å². The Kier molecular flexibility index (Phi) is 11.1. The average Bonchev–Trinajstić information content (AvgIpc) is 3.15. The molecular weight excluding hydrogens is 585 g/mol. The van der Waals surface area contributed by atoms with Gasteiger partial charge in [-0.1, -0.05) is 97.1 Å². The molecule has 0 spiro atoms. The molecule has 0 aliphatic rings. The molecule has 1 aromatic heterocycles. The number of fused-ring (bicyclic) bond motifs is 1. The SMILES string of the molecule is CC=CCCCN(c1ccccc1)c1ccc(-c2nc3ccccc3nc2-c2ccc(N(CCCC=CC)c3ccccc3)cc2)cc1. The van der Waals surface area contributed by atoms with Crippen molar-refractivity contribution in [1.82, 2.24) is 9.97 Å². The molecule has 0 radical (unpaired) electrons. The van der Waals surface area contributed by atoms with Gasteiger partial charge in [-0.2, -0.15) is 0 Å². The van der Waals surface area contributed by atoms with E-state index in [0.717, 1.165) is 72.3 Å². The van der Waals surface area contributed by atoms with Gasteiger partial charge in [-0.3, -0.25) is 0 Å². The zero-order chi connectivity index (χ0) is 33.0. The van der Waals surface area contributed by atoms with Crippen LogP contribution in [0.4, 0.5) is 22.7 Å². The summed E-state index contributed by atoms with van der Waals surface area (Å²) in [6.07, 6.45) is 13.0. The first-order chi connectivity index (χ1) is 23.7. The molecule has 0 bridgehead atoms. The number of anilines is 4. The Hall–Kier alpha value is -5.48. The zero-order valence-electron chi connectivity index (χ0n) is 28.0. The topological polar surface area (TPSA) is 32.3 Å².